The van der Waals surface area contributed by atoms with Crippen molar-refractivity contribution in [3.63, 3.8) is 0 Å². The van der Waals surface area contributed by atoms with Gasteiger partial charge in [-0.15, -0.1) is 11.8 Å². The summed E-state index contributed by atoms with van der Waals surface area (Å²) in [6, 6.07) is 24.9. The minimum absolute atomic E-state index is 0.0646. The maximum Gasteiger partial charge on any atom is 0.249 e. The van der Waals surface area contributed by atoms with Gasteiger partial charge in [-0.2, -0.15) is 0 Å². The lowest BCUT2D eigenvalue weighted by atomic mass is 9.99. The first-order chi connectivity index (χ1) is 15.8. The average Bonchev–Trinajstić information content (AvgIpc) is 2.80. The molecule has 3 aromatic carbocycles. The molecule has 2 amide bonds. The summed E-state index contributed by atoms with van der Waals surface area (Å²) in [5.41, 5.74) is 1.80. The van der Waals surface area contributed by atoms with Gasteiger partial charge in [0.15, 0.2) is 0 Å². The van der Waals surface area contributed by atoms with E-state index in [4.69, 9.17) is 11.6 Å². The van der Waals surface area contributed by atoms with E-state index in [0.717, 1.165) is 16.0 Å². The van der Waals surface area contributed by atoms with Crippen molar-refractivity contribution < 1.29 is 9.59 Å². The average molecular weight is 481 g/mol. The Morgan fingerprint density at radius 3 is 2.21 bits per heavy atom. The van der Waals surface area contributed by atoms with E-state index in [1.54, 1.807) is 30.5 Å². The van der Waals surface area contributed by atoms with Crippen molar-refractivity contribution in [1.82, 2.24) is 4.90 Å². The van der Waals surface area contributed by atoms with Crippen LogP contribution in [-0.4, -0.2) is 28.0 Å². The number of amides is 2. The highest BCUT2D eigenvalue weighted by atomic mass is 35.5. The molecule has 0 radical (unpaired) electrons. The van der Waals surface area contributed by atoms with Crippen molar-refractivity contribution in [2.24, 2.45) is 0 Å². The van der Waals surface area contributed by atoms with Crippen molar-refractivity contribution in [2.75, 3.05) is 11.1 Å². The van der Waals surface area contributed by atoms with Crippen LogP contribution in [0.5, 0.6) is 0 Å². The standard InChI is InChI=1S/C27H29ClN2O2S/c1-20-9-11-21(12-10-20)19-30(25(31)17-18-33-24-15-13-22(28)14-16-24)27(2,3)26(32)29-23-7-5-4-6-8-23/h4-16H,17-19H2,1-3H3,(H,29,32). The fourth-order valence-corrected chi connectivity index (χ4v) is 4.29. The monoisotopic (exact) mass is 480 g/mol. The Labute approximate surface area is 205 Å². The van der Waals surface area contributed by atoms with Gasteiger partial charge >= 0.3 is 0 Å². The fraction of sp³-hybridized carbons (Fsp3) is 0.259. The van der Waals surface area contributed by atoms with Crippen LogP contribution in [0.1, 0.15) is 31.4 Å². The summed E-state index contributed by atoms with van der Waals surface area (Å²) < 4.78 is 0. The van der Waals surface area contributed by atoms with Crippen LogP contribution in [0.25, 0.3) is 0 Å². The fourth-order valence-electron chi connectivity index (χ4n) is 3.32. The Hall–Kier alpha value is -2.76. The smallest absolute Gasteiger partial charge is 0.249 e. The van der Waals surface area contributed by atoms with Crippen molar-refractivity contribution >= 4 is 40.9 Å². The molecular formula is C27H29ClN2O2S. The molecule has 0 spiro atoms. The number of hydrogen-bond donors (Lipinski definition) is 1. The lowest BCUT2D eigenvalue weighted by Gasteiger charge is -2.37. The minimum Gasteiger partial charge on any atom is -0.324 e. The second-order valence-corrected chi connectivity index (χ2v) is 10.0. The predicted octanol–water partition coefficient (Wildman–Crippen LogP) is 6.58. The maximum atomic E-state index is 13.4. The Morgan fingerprint density at radius 2 is 1.58 bits per heavy atom. The predicted molar refractivity (Wildman–Crippen MR) is 138 cm³/mol. The number of nitrogens with one attached hydrogen (secondary N) is 1. The number of carbonyl (C=O) groups is 2. The zero-order chi connectivity index (χ0) is 23.8. The van der Waals surface area contributed by atoms with Gasteiger partial charge < -0.3 is 10.2 Å². The molecule has 3 aromatic rings. The summed E-state index contributed by atoms with van der Waals surface area (Å²) in [7, 11) is 0. The van der Waals surface area contributed by atoms with E-state index < -0.39 is 5.54 Å². The van der Waals surface area contributed by atoms with E-state index in [0.29, 0.717) is 29.4 Å². The summed E-state index contributed by atoms with van der Waals surface area (Å²) in [6.45, 7) is 5.98. The molecule has 0 bridgehead atoms. The normalized spacial score (nSPS) is 11.2. The molecular weight excluding hydrogens is 452 g/mol. The van der Waals surface area contributed by atoms with Crippen LogP contribution in [-0.2, 0) is 16.1 Å². The van der Waals surface area contributed by atoms with E-state index in [1.165, 1.54) is 0 Å². The van der Waals surface area contributed by atoms with Gasteiger partial charge in [0, 0.05) is 34.3 Å². The molecule has 0 aliphatic heterocycles. The molecule has 1 N–H and O–H groups in total. The third kappa shape index (κ3) is 7.11. The molecule has 3 rings (SSSR count). The van der Waals surface area contributed by atoms with Crippen LogP contribution >= 0.6 is 23.4 Å². The quantitative estimate of drug-likeness (QED) is 0.352. The van der Waals surface area contributed by atoms with Crippen LogP contribution in [0, 0.1) is 6.92 Å². The van der Waals surface area contributed by atoms with E-state index >= 15 is 0 Å². The summed E-state index contributed by atoms with van der Waals surface area (Å²) in [5, 5.41) is 3.64. The van der Waals surface area contributed by atoms with Gasteiger partial charge in [-0.25, -0.2) is 0 Å². The van der Waals surface area contributed by atoms with Crippen molar-refractivity contribution in [3.05, 3.63) is 95.0 Å². The van der Waals surface area contributed by atoms with Gasteiger partial charge in [0.05, 0.1) is 0 Å². The number of thioether (sulfide) groups is 1. The number of nitrogens with zero attached hydrogens (tertiary/aromatic N) is 1. The molecule has 0 aromatic heterocycles. The third-order valence-corrected chi connectivity index (χ3v) is 6.69. The number of aryl methyl sites for hydroxylation is 1. The van der Waals surface area contributed by atoms with Crippen molar-refractivity contribution in [3.8, 4) is 0 Å². The first-order valence-electron chi connectivity index (χ1n) is 10.9. The highest BCUT2D eigenvalue weighted by molar-refractivity contribution is 7.99. The Kier molecular flexibility index (Phi) is 8.59. The second kappa shape index (κ2) is 11.4. The summed E-state index contributed by atoms with van der Waals surface area (Å²) >= 11 is 7.55. The highest BCUT2D eigenvalue weighted by Gasteiger charge is 2.37. The van der Waals surface area contributed by atoms with Gasteiger partial charge in [0.1, 0.15) is 5.54 Å². The van der Waals surface area contributed by atoms with E-state index in [2.05, 4.69) is 5.32 Å². The maximum absolute atomic E-state index is 13.4. The lowest BCUT2D eigenvalue weighted by Crippen LogP contribution is -2.54. The largest absolute Gasteiger partial charge is 0.324 e. The number of anilines is 1. The van der Waals surface area contributed by atoms with Crippen LogP contribution in [0.2, 0.25) is 5.02 Å². The van der Waals surface area contributed by atoms with E-state index in [1.807, 2.05) is 85.8 Å². The number of benzene rings is 3. The van der Waals surface area contributed by atoms with E-state index in [9.17, 15) is 9.59 Å². The van der Waals surface area contributed by atoms with Crippen LogP contribution in [0.15, 0.2) is 83.8 Å². The van der Waals surface area contributed by atoms with E-state index in [-0.39, 0.29) is 11.8 Å². The minimum atomic E-state index is -1.04. The Balaban J connectivity index is 1.74. The van der Waals surface area contributed by atoms with Gasteiger partial charge in [-0.1, -0.05) is 59.6 Å². The van der Waals surface area contributed by atoms with Crippen molar-refractivity contribution in [1.29, 1.82) is 0 Å². The molecule has 0 heterocycles. The summed E-state index contributed by atoms with van der Waals surface area (Å²) in [4.78, 5) is 29.3. The number of rotatable bonds is 9. The second-order valence-electron chi connectivity index (χ2n) is 8.40. The Morgan fingerprint density at radius 1 is 0.939 bits per heavy atom. The highest BCUT2D eigenvalue weighted by Crippen LogP contribution is 2.25. The lowest BCUT2D eigenvalue weighted by molar-refractivity contribution is -0.144. The first-order valence-corrected chi connectivity index (χ1v) is 12.2. The molecule has 0 atom stereocenters. The van der Waals surface area contributed by atoms with Crippen LogP contribution < -0.4 is 5.32 Å². The summed E-state index contributed by atoms with van der Waals surface area (Å²) in [6.07, 6.45) is 0.321. The first kappa shape index (κ1) is 24.9. The SMILES string of the molecule is Cc1ccc(CN(C(=O)CCSc2ccc(Cl)cc2)C(C)(C)C(=O)Nc2ccccc2)cc1. The molecule has 4 nitrogen and oxygen atoms in total. The number of carbonyl (C=O) groups excluding carboxylic acids is 2. The van der Waals surface area contributed by atoms with Crippen molar-refractivity contribution in [2.45, 2.75) is 44.2 Å². The Bertz CT molecular complexity index is 1070. The van der Waals surface area contributed by atoms with Crippen LogP contribution in [0.3, 0.4) is 0 Å². The molecule has 172 valence electrons. The van der Waals surface area contributed by atoms with Gasteiger partial charge in [0.2, 0.25) is 11.8 Å². The van der Waals surface area contributed by atoms with Gasteiger partial charge in [0.25, 0.3) is 0 Å². The molecule has 0 saturated heterocycles. The molecule has 33 heavy (non-hydrogen) atoms. The molecule has 6 heteroatoms. The number of halogens is 1. The molecule has 0 saturated carbocycles. The molecule has 0 unspecified atom stereocenters. The molecule has 0 fully saturated rings. The van der Waals surface area contributed by atoms with Crippen LogP contribution in [0.4, 0.5) is 5.69 Å². The number of hydrogen-bond acceptors (Lipinski definition) is 3. The molecule has 0 aliphatic carbocycles. The third-order valence-electron chi connectivity index (χ3n) is 5.42. The summed E-state index contributed by atoms with van der Waals surface area (Å²) in [5.74, 6) is 0.325. The van der Waals surface area contributed by atoms with Gasteiger partial charge in [-0.05, 0) is 62.7 Å². The zero-order valence-electron chi connectivity index (χ0n) is 19.2. The zero-order valence-corrected chi connectivity index (χ0v) is 20.7. The topological polar surface area (TPSA) is 49.4 Å². The number of para-hydroxylation sites is 1. The van der Waals surface area contributed by atoms with Gasteiger partial charge in [-0.3, -0.25) is 9.59 Å². The molecule has 0 aliphatic rings.